The van der Waals surface area contributed by atoms with Crippen molar-refractivity contribution in [2.24, 2.45) is 0 Å². The number of piperidine rings is 1. The Bertz CT molecular complexity index is 670. The Kier molecular flexibility index (Phi) is 5.25. The number of carbonyl (C=O) groups is 1. The second kappa shape index (κ2) is 7.57. The monoisotopic (exact) mass is 375 g/mol. The van der Waals surface area contributed by atoms with Crippen LogP contribution in [0.25, 0.3) is 0 Å². The smallest absolute Gasteiger partial charge is 0.253 e. The van der Waals surface area contributed by atoms with E-state index in [1.807, 2.05) is 24.3 Å². The minimum absolute atomic E-state index is 0.0970. The van der Waals surface area contributed by atoms with Crippen LogP contribution in [0.5, 0.6) is 11.6 Å². The molecule has 1 aromatic heterocycles. The van der Waals surface area contributed by atoms with Gasteiger partial charge in [-0.3, -0.25) is 4.79 Å². The fourth-order valence-corrected chi connectivity index (χ4v) is 2.85. The maximum atomic E-state index is 12.2. The van der Waals surface area contributed by atoms with Gasteiger partial charge in [0, 0.05) is 29.3 Å². The van der Waals surface area contributed by atoms with Crippen LogP contribution in [0.3, 0.4) is 0 Å². The van der Waals surface area contributed by atoms with Gasteiger partial charge in [0.15, 0.2) is 0 Å². The van der Waals surface area contributed by atoms with E-state index in [4.69, 9.17) is 4.74 Å². The largest absolute Gasteiger partial charge is 0.439 e. The minimum atomic E-state index is -0.0970. The van der Waals surface area contributed by atoms with Crippen molar-refractivity contribution in [3.05, 3.63) is 52.6 Å². The minimum Gasteiger partial charge on any atom is -0.439 e. The number of hydrogen-bond acceptors (Lipinski definition) is 4. The Morgan fingerprint density at radius 1 is 1.35 bits per heavy atom. The van der Waals surface area contributed by atoms with E-state index in [2.05, 4.69) is 31.5 Å². The molecule has 0 aliphatic carbocycles. The van der Waals surface area contributed by atoms with Crippen molar-refractivity contribution in [3.8, 4) is 11.6 Å². The Morgan fingerprint density at radius 2 is 2.26 bits per heavy atom. The second-order valence-corrected chi connectivity index (χ2v) is 6.38. The maximum absolute atomic E-state index is 12.2. The van der Waals surface area contributed by atoms with Crippen LogP contribution in [-0.2, 0) is 0 Å². The standard InChI is InChI=1S/C17H18BrN3O2/c18-13-3-1-5-15(9-13)23-16-7-6-12(10-20-16)17(22)21-14-4-2-8-19-11-14/h1,3,5-7,9-10,14,19H,2,4,8,11H2,(H,21,22). The van der Waals surface area contributed by atoms with Gasteiger partial charge in [0.05, 0.1) is 5.56 Å². The number of nitrogens with zero attached hydrogens (tertiary/aromatic N) is 1. The van der Waals surface area contributed by atoms with Crippen LogP contribution >= 0.6 is 15.9 Å². The van der Waals surface area contributed by atoms with Crippen LogP contribution < -0.4 is 15.4 Å². The Labute approximate surface area is 143 Å². The van der Waals surface area contributed by atoms with Crippen molar-refractivity contribution < 1.29 is 9.53 Å². The quantitative estimate of drug-likeness (QED) is 0.861. The summed E-state index contributed by atoms with van der Waals surface area (Å²) in [4.78, 5) is 16.4. The molecule has 1 atom stereocenters. The van der Waals surface area contributed by atoms with Crippen molar-refractivity contribution in [3.63, 3.8) is 0 Å². The lowest BCUT2D eigenvalue weighted by atomic mass is 10.1. The zero-order valence-electron chi connectivity index (χ0n) is 12.6. The number of carbonyl (C=O) groups excluding carboxylic acids is 1. The third-order valence-electron chi connectivity index (χ3n) is 3.65. The summed E-state index contributed by atoms with van der Waals surface area (Å²) in [5.74, 6) is 1.05. The number of ether oxygens (including phenoxy) is 1. The van der Waals surface area contributed by atoms with Crippen LogP contribution in [0.2, 0.25) is 0 Å². The molecule has 23 heavy (non-hydrogen) atoms. The van der Waals surface area contributed by atoms with Gasteiger partial charge >= 0.3 is 0 Å². The number of halogens is 1. The molecule has 120 valence electrons. The molecule has 1 fully saturated rings. The molecule has 1 aliphatic heterocycles. The number of pyridine rings is 1. The number of amides is 1. The SMILES string of the molecule is O=C(NC1CCCNC1)c1ccc(Oc2cccc(Br)c2)nc1. The first-order chi connectivity index (χ1) is 11.2. The molecule has 6 heteroatoms. The predicted molar refractivity (Wildman–Crippen MR) is 91.8 cm³/mol. The molecular formula is C17H18BrN3O2. The first-order valence-corrected chi connectivity index (χ1v) is 8.41. The van der Waals surface area contributed by atoms with E-state index >= 15 is 0 Å². The van der Waals surface area contributed by atoms with Crippen molar-refractivity contribution in [2.45, 2.75) is 18.9 Å². The third kappa shape index (κ3) is 4.53. The summed E-state index contributed by atoms with van der Waals surface area (Å²) in [5.41, 5.74) is 0.539. The summed E-state index contributed by atoms with van der Waals surface area (Å²) < 4.78 is 6.60. The van der Waals surface area contributed by atoms with E-state index < -0.39 is 0 Å². The third-order valence-corrected chi connectivity index (χ3v) is 4.14. The maximum Gasteiger partial charge on any atom is 0.253 e. The number of aromatic nitrogens is 1. The highest BCUT2D eigenvalue weighted by molar-refractivity contribution is 9.10. The zero-order chi connectivity index (χ0) is 16.1. The lowest BCUT2D eigenvalue weighted by Gasteiger charge is -2.23. The van der Waals surface area contributed by atoms with Crippen molar-refractivity contribution in [1.29, 1.82) is 0 Å². The van der Waals surface area contributed by atoms with Gasteiger partial charge in [-0.25, -0.2) is 4.98 Å². The van der Waals surface area contributed by atoms with Gasteiger partial charge in [-0.15, -0.1) is 0 Å². The molecule has 0 bridgehead atoms. The summed E-state index contributed by atoms with van der Waals surface area (Å²) in [5, 5.41) is 6.30. The summed E-state index contributed by atoms with van der Waals surface area (Å²) in [7, 11) is 0. The molecule has 1 amide bonds. The summed E-state index contributed by atoms with van der Waals surface area (Å²) in [6, 6.07) is 11.1. The van der Waals surface area contributed by atoms with Crippen molar-refractivity contribution in [2.75, 3.05) is 13.1 Å². The lowest BCUT2D eigenvalue weighted by molar-refractivity contribution is 0.0930. The van der Waals surface area contributed by atoms with Gasteiger partial charge in [-0.05, 0) is 43.7 Å². The van der Waals surface area contributed by atoms with Gasteiger partial charge in [0.2, 0.25) is 5.88 Å². The highest BCUT2D eigenvalue weighted by Crippen LogP contribution is 2.22. The Balaban J connectivity index is 1.61. The fraction of sp³-hybridized carbons (Fsp3) is 0.294. The molecule has 2 heterocycles. The summed E-state index contributed by atoms with van der Waals surface area (Å²) >= 11 is 3.39. The molecule has 2 aromatic rings. The van der Waals surface area contributed by atoms with Crippen molar-refractivity contribution in [1.82, 2.24) is 15.6 Å². The summed E-state index contributed by atoms with van der Waals surface area (Å²) in [6.07, 6.45) is 3.64. The molecule has 0 radical (unpaired) electrons. The van der Waals surface area contributed by atoms with Gasteiger partial charge in [-0.2, -0.15) is 0 Å². The van der Waals surface area contributed by atoms with Gasteiger partial charge in [0.25, 0.3) is 5.91 Å². The Morgan fingerprint density at radius 3 is 2.96 bits per heavy atom. The average molecular weight is 376 g/mol. The number of benzene rings is 1. The normalized spacial score (nSPS) is 17.5. The molecule has 1 saturated heterocycles. The molecule has 1 aliphatic rings. The van der Waals surface area contributed by atoms with E-state index in [1.165, 1.54) is 0 Å². The van der Waals surface area contributed by atoms with E-state index in [9.17, 15) is 4.79 Å². The lowest BCUT2D eigenvalue weighted by Crippen LogP contribution is -2.45. The fourth-order valence-electron chi connectivity index (χ4n) is 2.47. The number of nitrogens with one attached hydrogen (secondary N) is 2. The molecule has 5 nitrogen and oxygen atoms in total. The van der Waals surface area contributed by atoms with Gasteiger partial charge in [-0.1, -0.05) is 22.0 Å². The van der Waals surface area contributed by atoms with E-state index in [0.29, 0.717) is 17.2 Å². The highest BCUT2D eigenvalue weighted by atomic mass is 79.9. The molecular weight excluding hydrogens is 358 g/mol. The second-order valence-electron chi connectivity index (χ2n) is 5.46. The number of hydrogen-bond donors (Lipinski definition) is 2. The molecule has 1 aromatic carbocycles. The van der Waals surface area contributed by atoms with Crippen LogP contribution in [0.4, 0.5) is 0 Å². The Hall–Kier alpha value is -1.92. The van der Waals surface area contributed by atoms with Crippen LogP contribution in [0, 0.1) is 0 Å². The first kappa shape index (κ1) is 16.0. The zero-order valence-corrected chi connectivity index (χ0v) is 14.2. The molecule has 2 N–H and O–H groups in total. The van der Waals surface area contributed by atoms with Crippen molar-refractivity contribution >= 4 is 21.8 Å². The number of rotatable bonds is 4. The first-order valence-electron chi connectivity index (χ1n) is 7.62. The molecule has 1 unspecified atom stereocenters. The average Bonchev–Trinajstić information content (AvgIpc) is 2.56. The predicted octanol–water partition coefficient (Wildman–Crippen LogP) is 3.12. The van der Waals surface area contributed by atoms with Gasteiger partial charge in [0.1, 0.15) is 5.75 Å². The molecule has 0 spiro atoms. The molecule has 3 rings (SSSR count). The van der Waals surface area contributed by atoms with Crippen LogP contribution in [-0.4, -0.2) is 30.0 Å². The van der Waals surface area contributed by atoms with Crippen LogP contribution in [0.1, 0.15) is 23.2 Å². The van der Waals surface area contributed by atoms with Gasteiger partial charge < -0.3 is 15.4 Å². The molecule has 0 saturated carbocycles. The van der Waals surface area contributed by atoms with E-state index in [-0.39, 0.29) is 11.9 Å². The van der Waals surface area contributed by atoms with E-state index in [1.54, 1.807) is 18.3 Å². The topological polar surface area (TPSA) is 63.2 Å². The summed E-state index contributed by atoms with van der Waals surface area (Å²) in [6.45, 7) is 1.85. The highest BCUT2D eigenvalue weighted by Gasteiger charge is 2.16. The van der Waals surface area contributed by atoms with E-state index in [0.717, 1.165) is 30.4 Å². The van der Waals surface area contributed by atoms with Crippen LogP contribution in [0.15, 0.2) is 47.1 Å².